The molecule has 0 saturated heterocycles. The van der Waals surface area contributed by atoms with E-state index in [0.717, 1.165) is 31.8 Å². The van der Waals surface area contributed by atoms with E-state index in [9.17, 15) is 0 Å². The molecule has 1 aliphatic heterocycles. The second-order valence-corrected chi connectivity index (χ2v) is 6.13. The van der Waals surface area contributed by atoms with Crippen molar-refractivity contribution >= 4 is 5.90 Å². The summed E-state index contributed by atoms with van der Waals surface area (Å²) in [5, 5.41) is 0. The lowest BCUT2D eigenvalue weighted by Crippen LogP contribution is -2.35. The highest BCUT2D eigenvalue weighted by molar-refractivity contribution is 5.76. The van der Waals surface area contributed by atoms with Crippen molar-refractivity contribution in [1.29, 1.82) is 0 Å². The highest BCUT2D eigenvalue weighted by Crippen LogP contribution is 2.39. The Morgan fingerprint density at radius 2 is 1.90 bits per heavy atom. The number of hydrogen-bond acceptors (Lipinski definition) is 2. The number of ether oxygens (including phenoxy) is 1. The van der Waals surface area contributed by atoms with Gasteiger partial charge in [-0.2, -0.15) is 0 Å². The third kappa shape index (κ3) is 2.15. The molecule has 0 radical (unpaired) electrons. The summed E-state index contributed by atoms with van der Waals surface area (Å²) >= 11 is 0. The lowest BCUT2D eigenvalue weighted by molar-refractivity contribution is 0.236. The van der Waals surface area contributed by atoms with Crippen LogP contribution in [0.3, 0.4) is 0 Å². The van der Waals surface area contributed by atoms with Gasteiger partial charge in [-0.25, -0.2) is 4.99 Å². The third-order valence-corrected chi connectivity index (χ3v) is 4.67. The van der Waals surface area contributed by atoms with Crippen molar-refractivity contribution in [2.75, 3.05) is 6.61 Å². The maximum absolute atomic E-state index is 5.66. The van der Waals surface area contributed by atoms with Crippen LogP contribution >= 0.6 is 0 Å². The number of benzene rings is 2. The van der Waals surface area contributed by atoms with E-state index in [1.807, 2.05) is 6.92 Å². The average molecular weight is 277 g/mol. The van der Waals surface area contributed by atoms with Gasteiger partial charge in [0, 0.05) is 13.3 Å². The summed E-state index contributed by atoms with van der Waals surface area (Å²) in [5.74, 6) is 0.843. The fourth-order valence-electron chi connectivity index (χ4n) is 3.61. The maximum Gasteiger partial charge on any atom is 0.180 e. The van der Waals surface area contributed by atoms with E-state index in [0.29, 0.717) is 0 Å². The minimum atomic E-state index is -0.0258. The van der Waals surface area contributed by atoms with Gasteiger partial charge in [0.1, 0.15) is 12.1 Å². The van der Waals surface area contributed by atoms with Crippen molar-refractivity contribution in [2.45, 2.75) is 31.7 Å². The van der Waals surface area contributed by atoms with Crippen LogP contribution in [-0.2, 0) is 17.6 Å². The zero-order valence-electron chi connectivity index (χ0n) is 12.3. The molecule has 0 bridgehead atoms. The zero-order valence-corrected chi connectivity index (χ0v) is 12.3. The molecule has 1 atom stereocenters. The smallest absolute Gasteiger partial charge is 0.180 e. The minimum absolute atomic E-state index is 0.0258. The van der Waals surface area contributed by atoms with Crippen LogP contribution in [0.25, 0.3) is 11.1 Å². The molecule has 1 aliphatic carbocycles. The summed E-state index contributed by atoms with van der Waals surface area (Å²) in [6, 6.07) is 17.3. The van der Waals surface area contributed by atoms with E-state index in [1.165, 1.54) is 22.3 Å². The molecule has 0 unspecified atom stereocenters. The zero-order chi connectivity index (χ0) is 14.3. The van der Waals surface area contributed by atoms with E-state index in [1.54, 1.807) is 0 Å². The summed E-state index contributed by atoms with van der Waals surface area (Å²) < 4.78 is 5.66. The van der Waals surface area contributed by atoms with E-state index in [4.69, 9.17) is 9.73 Å². The van der Waals surface area contributed by atoms with Crippen LogP contribution < -0.4 is 0 Å². The Morgan fingerprint density at radius 1 is 1.05 bits per heavy atom. The molecule has 21 heavy (non-hydrogen) atoms. The Hall–Kier alpha value is -2.09. The Balaban J connectivity index is 1.80. The molecule has 2 heteroatoms. The molecule has 0 saturated carbocycles. The van der Waals surface area contributed by atoms with Crippen molar-refractivity contribution in [3.05, 3.63) is 59.7 Å². The van der Waals surface area contributed by atoms with E-state index < -0.39 is 0 Å². The molecule has 2 aromatic rings. The third-order valence-electron chi connectivity index (χ3n) is 4.67. The highest BCUT2D eigenvalue weighted by Gasteiger charge is 2.39. The molecule has 0 amide bonds. The molecule has 106 valence electrons. The van der Waals surface area contributed by atoms with E-state index >= 15 is 0 Å². The highest BCUT2D eigenvalue weighted by atomic mass is 16.5. The van der Waals surface area contributed by atoms with Crippen LogP contribution in [0.1, 0.15) is 24.5 Å². The fraction of sp³-hybridized carbons (Fsp3) is 0.316. The van der Waals surface area contributed by atoms with Crippen LogP contribution in [0.2, 0.25) is 0 Å². The monoisotopic (exact) mass is 277 g/mol. The first kappa shape index (κ1) is 12.6. The second-order valence-electron chi connectivity index (χ2n) is 6.13. The van der Waals surface area contributed by atoms with E-state index in [2.05, 4.69) is 48.5 Å². The van der Waals surface area contributed by atoms with Crippen LogP contribution in [0.5, 0.6) is 0 Å². The van der Waals surface area contributed by atoms with Gasteiger partial charge < -0.3 is 4.74 Å². The Kier molecular flexibility index (Phi) is 2.85. The SMILES string of the molecule is CC1=N[C@@]2(CCc3cccc(-c4ccccc4)c3C2)CO1. The van der Waals surface area contributed by atoms with Gasteiger partial charge in [0.15, 0.2) is 5.90 Å². The number of rotatable bonds is 1. The first-order valence-corrected chi connectivity index (χ1v) is 7.61. The van der Waals surface area contributed by atoms with Crippen molar-refractivity contribution in [1.82, 2.24) is 0 Å². The topological polar surface area (TPSA) is 21.6 Å². The molecule has 2 aromatic carbocycles. The van der Waals surface area contributed by atoms with Crippen molar-refractivity contribution in [2.24, 2.45) is 4.99 Å². The quantitative estimate of drug-likeness (QED) is 0.771. The summed E-state index contributed by atoms with van der Waals surface area (Å²) in [6.45, 7) is 2.70. The predicted octanol–water partition coefficient (Wildman–Crippen LogP) is 4.03. The summed E-state index contributed by atoms with van der Waals surface area (Å²) in [6.07, 6.45) is 3.18. The lowest BCUT2D eigenvalue weighted by atomic mass is 9.76. The van der Waals surface area contributed by atoms with Gasteiger partial charge in [0.25, 0.3) is 0 Å². The lowest BCUT2D eigenvalue weighted by Gasteiger charge is -2.32. The molecule has 2 nitrogen and oxygen atoms in total. The molecular weight excluding hydrogens is 258 g/mol. The number of fused-ring (bicyclic) bond motifs is 1. The largest absolute Gasteiger partial charge is 0.479 e. The normalized spacial score (nSPS) is 23.6. The van der Waals surface area contributed by atoms with Crippen molar-refractivity contribution in [3.8, 4) is 11.1 Å². The fourth-order valence-corrected chi connectivity index (χ4v) is 3.61. The first-order valence-electron chi connectivity index (χ1n) is 7.61. The van der Waals surface area contributed by atoms with Crippen LogP contribution in [0.15, 0.2) is 53.5 Å². The van der Waals surface area contributed by atoms with Crippen LogP contribution in [0.4, 0.5) is 0 Å². The Labute approximate surface area is 125 Å². The van der Waals surface area contributed by atoms with Gasteiger partial charge in [-0.3, -0.25) is 0 Å². The maximum atomic E-state index is 5.66. The van der Waals surface area contributed by atoms with Crippen molar-refractivity contribution < 1.29 is 4.74 Å². The molecule has 4 rings (SSSR count). The Bertz CT molecular complexity index is 705. The summed E-state index contributed by atoms with van der Waals surface area (Å²) in [5.41, 5.74) is 5.55. The van der Waals surface area contributed by atoms with E-state index in [-0.39, 0.29) is 5.54 Å². The first-order chi connectivity index (χ1) is 10.3. The number of aliphatic imine (C=N–C) groups is 1. The predicted molar refractivity (Wildman–Crippen MR) is 85.7 cm³/mol. The second kappa shape index (κ2) is 4.73. The van der Waals surface area contributed by atoms with Gasteiger partial charge in [-0.1, -0.05) is 48.5 Å². The van der Waals surface area contributed by atoms with Gasteiger partial charge in [-0.15, -0.1) is 0 Å². The Morgan fingerprint density at radius 3 is 2.67 bits per heavy atom. The number of aryl methyl sites for hydroxylation is 1. The molecule has 0 aromatic heterocycles. The molecule has 1 spiro atoms. The average Bonchev–Trinajstić information content (AvgIpc) is 2.88. The van der Waals surface area contributed by atoms with Gasteiger partial charge in [0.2, 0.25) is 0 Å². The molecule has 2 aliphatic rings. The number of hydrogen-bond donors (Lipinski definition) is 0. The molecular formula is C19H19NO. The van der Waals surface area contributed by atoms with Gasteiger partial charge in [0.05, 0.1) is 0 Å². The molecule has 0 N–H and O–H groups in total. The molecule has 0 fully saturated rings. The van der Waals surface area contributed by atoms with Crippen LogP contribution in [0, 0.1) is 0 Å². The summed E-state index contributed by atoms with van der Waals surface area (Å²) in [4.78, 5) is 4.81. The van der Waals surface area contributed by atoms with Gasteiger partial charge in [-0.05, 0) is 35.1 Å². The standard InChI is InChI=1S/C19H19NO/c1-14-20-19(13-21-14)11-10-16-8-5-9-17(18(16)12-19)15-6-3-2-4-7-15/h2-9H,10-13H2,1H3/t19-/m1/s1. The molecule has 1 heterocycles. The van der Waals surface area contributed by atoms with Crippen molar-refractivity contribution in [3.63, 3.8) is 0 Å². The number of nitrogens with zero attached hydrogens (tertiary/aromatic N) is 1. The minimum Gasteiger partial charge on any atom is -0.479 e. The van der Waals surface area contributed by atoms with Gasteiger partial charge >= 0.3 is 0 Å². The van der Waals surface area contributed by atoms with Crippen LogP contribution in [-0.4, -0.2) is 18.0 Å². The summed E-state index contributed by atoms with van der Waals surface area (Å²) in [7, 11) is 0.